The molecule has 1 N–H and O–H groups in total. The van der Waals surface area contributed by atoms with E-state index >= 15 is 0 Å². The zero-order valence-corrected chi connectivity index (χ0v) is 14.9. The molecule has 3 nitrogen and oxygen atoms in total. The molecular weight excluding hydrogens is 310 g/mol. The molecule has 0 aliphatic carbocycles. The van der Waals surface area contributed by atoms with Gasteiger partial charge in [0.25, 0.3) is 0 Å². The Balaban J connectivity index is 2.23. The van der Waals surface area contributed by atoms with Crippen LogP contribution in [0.1, 0.15) is 42.0 Å². The highest BCUT2D eigenvalue weighted by Crippen LogP contribution is 2.32. The number of anilines is 1. The first-order valence-electron chi connectivity index (χ1n) is 7.64. The zero-order valence-electron chi connectivity index (χ0n) is 14.2. The molecule has 0 aliphatic rings. The average Bonchev–Trinajstić information content (AvgIpc) is 2.46. The maximum Gasteiger partial charge on any atom is 0.417 e. The lowest BCUT2D eigenvalue weighted by molar-refractivity contribution is 0.214. The fourth-order valence-electron chi connectivity index (χ4n) is 2.32. The van der Waals surface area contributed by atoms with Crippen molar-refractivity contribution < 1.29 is 9.53 Å². The quantitative estimate of drug-likeness (QED) is 0.749. The molecule has 0 bridgehead atoms. The summed E-state index contributed by atoms with van der Waals surface area (Å²) >= 11 is 6.18. The lowest BCUT2D eigenvalue weighted by atomic mass is 10.0. The predicted molar refractivity (Wildman–Crippen MR) is 95.8 cm³/mol. The predicted octanol–water partition coefficient (Wildman–Crippen LogP) is 6.00. The van der Waals surface area contributed by atoms with Crippen LogP contribution >= 0.6 is 11.6 Å². The number of nitrogens with one attached hydrogen (secondary N) is 1. The number of hydrogen-bond donors (Lipinski definition) is 1. The van der Waals surface area contributed by atoms with Gasteiger partial charge in [-0.1, -0.05) is 37.6 Å². The molecule has 0 unspecified atom stereocenters. The highest BCUT2D eigenvalue weighted by atomic mass is 35.5. The molecule has 0 radical (unpaired) electrons. The highest BCUT2D eigenvalue weighted by Gasteiger charge is 2.15. The molecule has 0 aromatic heterocycles. The molecule has 0 saturated heterocycles. The fraction of sp³-hybridized carbons (Fsp3) is 0.316. The smallest absolute Gasteiger partial charge is 0.410 e. The average molecular weight is 332 g/mol. The van der Waals surface area contributed by atoms with Gasteiger partial charge in [-0.25, -0.2) is 4.79 Å². The van der Waals surface area contributed by atoms with Gasteiger partial charge in [0, 0.05) is 10.7 Å². The first-order chi connectivity index (χ1) is 10.8. The molecule has 2 aromatic carbocycles. The van der Waals surface area contributed by atoms with Crippen LogP contribution in [-0.2, 0) is 0 Å². The number of benzene rings is 2. The van der Waals surface area contributed by atoms with Crippen LogP contribution in [0.3, 0.4) is 0 Å². The number of hydrogen-bond acceptors (Lipinski definition) is 2. The molecule has 122 valence electrons. The van der Waals surface area contributed by atoms with E-state index in [0.29, 0.717) is 10.8 Å². The van der Waals surface area contributed by atoms with E-state index in [0.717, 1.165) is 27.9 Å². The topological polar surface area (TPSA) is 38.3 Å². The first-order valence-corrected chi connectivity index (χ1v) is 8.02. The van der Waals surface area contributed by atoms with Crippen LogP contribution in [0.25, 0.3) is 0 Å². The van der Waals surface area contributed by atoms with Crippen molar-refractivity contribution >= 4 is 23.4 Å². The second-order valence-corrected chi connectivity index (χ2v) is 6.53. The van der Waals surface area contributed by atoms with Gasteiger partial charge in [-0.15, -0.1) is 0 Å². The van der Waals surface area contributed by atoms with E-state index in [9.17, 15) is 4.79 Å². The monoisotopic (exact) mass is 331 g/mol. The third kappa shape index (κ3) is 4.26. The van der Waals surface area contributed by atoms with Gasteiger partial charge in [0.2, 0.25) is 0 Å². The van der Waals surface area contributed by atoms with Crippen LogP contribution < -0.4 is 10.1 Å². The summed E-state index contributed by atoms with van der Waals surface area (Å²) in [5.74, 6) is 0.751. The molecule has 0 aliphatic heterocycles. The van der Waals surface area contributed by atoms with E-state index in [1.165, 1.54) is 0 Å². The van der Waals surface area contributed by atoms with E-state index in [-0.39, 0.29) is 5.92 Å². The fourth-order valence-corrected chi connectivity index (χ4v) is 2.49. The van der Waals surface area contributed by atoms with Gasteiger partial charge in [0.05, 0.1) is 0 Å². The van der Waals surface area contributed by atoms with Crippen molar-refractivity contribution in [2.24, 2.45) is 0 Å². The largest absolute Gasteiger partial charge is 0.417 e. The number of carbonyl (C=O) groups excluding carboxylic acids is 1. The minimum atomic E-state index is -0.498. The molecule has 1 amide bonds. The van der Waals surface area contributed by atoms with Crippen LogP contribution in [0.4, 0.5) is 10.5 Å². The Morgan fingerprint density at radius 1 is 1.09 bits per heavy atom. The Kier molecular flexibility index (Phi) is 5.32. The summed E-state index contributed by atoms with van der Waals surface area (Å²) in [5, 5.41) is 3.48. The Hall–Kier alpha value is -2.00. The van der Waals surface area contributed by atoms with E-state index in [1.54, 1.807) is 6.07 Å². The molecule has 0 heterocycles. The highest BCUT2D eigenvalue weighted by molar-refractivity contribution is 6.31. The molecule has 0 atom stereocenters. The minimum Gasteiger partial charge on any atom is -0.410 e. The molecule has 2 rings (SSSR count). The lowest BCUT2D eigenvalue weighted by Crippen LogP contribution is -2.18. The summed E-state index contributed by atoms with van der Waals surface area (Å²) < 4.78 is 5.53. The number of ether oxygens (including phenoxy) is 1. The third-order valence-corrected chi connectivity index (χ3v) is 4.15. The summed E-state index contributed by atoms with van der Waals surface area (Å²) in [7, 11) is 0. The molecule has 0 fully saturated rings. The van der Waals surface area contributed by atoms with Crippen molar-refractivity contribution in [3.63, 3.8) is 0 Å². The second-order valence-electron chi connectivity index (χ2n) is 6.13. The van der Waals surface area contributed by atoms with E-state index in [4.69, 9.17) is 16.3 Å². The number of halogens is 1. The van der Waals surface area contributed by atoms with Crippen LogP contribution in [-0.4, -0.2) is 6.09 Å². The van der Waals surface area contributed by atoms with Crippen molar-refractivity contribution in [1.82, 2.24) is 0 Å². The lowest BCUT2D eigenvalue weighted by Gasteiger charge is -2.16. The SMILES string of the molecule is Cc1ccc(C)c(NC(=O)Oc2cc(C)c(Cl)cc2C(C)C)c1. The summed E-state index contributed by atoms with van der Waals surface area (Å²) in [5.41, 5.74) is 4.62. The van der Waals surface area contributed by atoms with Gasteiger partial charge in [-0.05, 0) is 67.1 Å². The Labute approximate surface area is 142 Å². The standard InChI is InChI=1S/C19H22ClNO2/c1-11(2)15-10-16(20)14(5)9-18(15)23-19(22)21-17-8-12(3)6-7-13(17)4/h6-11H,1-5H3,(H,21,22). The summed E-state index contributed by atoms with van der Waals surface area (Å²) in [4.78, 5) is 12.3. The van der Waals surface area contributed by atoms with Crippen molar-refractivity contribution in [1.29, 1.82) is 0 Å². The van der Waals surface area contributed by atoms with Gasteiger partial charge < -0.3 is 4.74 Å². The van der Waals surface area contributed by atoms with Crippen LogP contribution in [0.15, 0.2) is 30.3 Å². The summed E-state index contributed by atoms with van der Waals surface area (Å²) in [6.45, 7) is 9.89. The number of amides is 1. The van der Waals surface area contributed by atoms with Crippen molar-refractivity contribution in [3.05, 3.63) is 57.6 Å². The van der Waals surface area contributed by atoms with Crippen LogP contribution in [0.2, 0.25) is 5.02 Å². The summed E-state index contributed by atoms with van der Waals surface area (Å²) in [6, 6.07) is 9.57. The molecular formula is C19H22ClNO2. The Morgan fingerprint density at radius 3 is 2.43 bits per heavy atom. The summed E-state index contributed by atoms with van der Waals surface area (Å²) in [6.07, 6.45) is -0.498. The molecule has 23 heavy (non-hydrogen) atoms. The normalized spacial score (nSPS) is 10.7. The first kappa shape index (κ1) is 17.4. The van der Waals surface area contributed by atoms with E-state index in [1.807, 2.05) is 58.9 Å². The maximum atomic E-state index is 12.3. The maximum absolute atomic E-state index is 12.3. The molecule has 0 spiro atoms. The number of aryl methyl sites for hydroxylation is 3. The van der Waals surface area contributed by atoms with Gasteiger partial charge in [-0.2, -0.15) is 0 Å². The van der Waals surface area contributed by atoms with E-state index in [2.05, 4.69) is 5.32 Å². The Morgan fingerprint density at radius 2 is 1.78 bits per heavy atom. The van der Waals surface area contributed by atoms with E-state index < -0.39 is 6.09 Å². The van der Waals surface area contributed by atoms with Gasteiger partial charge in [-0.3, -0.25) is 5.32 Å². The van der Waals surface area contributed by atoms with Crippen LogP contribution in [0, 0.1) is 20.8 Å². The zero-order chi connectivity index (χ0) is 17.1. The second kappa shape index (κ2) is 7.05. The number of rotatable bonds is 3. The third-order valence-electron chi connectivity index (χ3n) is 3.75. The molecule has 0 saturated carbocycles. The number of carbonyl (C=O) groups is 1. The Bertz CT molecular complexity index is 738. The minimum absolute atomic E-state index is 0.205. The van der Waals surface area contributed by atoms with Crippen molar-refractivity contribution in [3.8, 4) is 5.75 Å². The van der Waals surface area contributed by atoms with Crippen molar-refractivity contribution in [2.45, 2.75) is 40.5 Å². The van der Waals surface area contributed by atoms with Gasteiger partial charge in [0.15, 0.2) is 0 Å². The van der Waals surface area contributed by atoms with Crippen molar-refractivity contribution in [2.75, 3.05) is 5.32 Å². The van der Waals surface area contributed by atoms with Gasteiger partial charge in [0.1, 0.15) is 5.75 Å². The van der Waals surface area contributed by atoms with Crippen LogP contribution in [0.5, 0.6) is 5.75 Å². The molecule has 4 heteroatoms. The molecule has 2 aromatic rings. The van der Waals surface area contributed by atoms with Gasteiger partial charge >= 0.3 is 6.09 Å².